The molecule has 0 aromatic rings. The topological polar surface area (TPSA) is 80.9 Å². The first-order chi connectivity index (χ1) is 9.62. The van der Waals surface area contributed by atoms with E-state index >= 15 is 0 Å². The van der Waals surface area contributed by atoms with Gasteiger partial charge >= 0.3 is 0 Å². The normalized spacial score (nSPS) is 13.5. The second-order valence-electron chi connectivity index (χ2n) is 5.32. The second kappa shape index (κ2) is 18.8. The molecule has 0 saturated heterocycles. The van der Waals surface area contributed by atoms with E-state index in [1.165, 1.54) is 0 Å². The maximum atomic E-state index is 9.19. The SMILES string of the molecule is CCCC(O)CCCCO.CCCC(O)CCCCO. The Kier molecular flexibility index (Phi) is 20.8. The fraction of sp³-hybridized carbons (Fsp3) is 1.00. The number of unbranched alkanes of at least 4 members (excludes halogenated alkanes) is 2. The third-order valence-corrected chi connectivity index (χ3v) is 3.13. The van der Waals surface area contributed by atoms with Crippen LogP contribution >= 0.6 is 0 Å². The first-order valence-electron chi connectivity index (χ1n) is 8.20. The molecule has 0 aliphatic carbocycles. The summed E-state index contributed by atoms with van der Waals surface area (Å²) in [4.78, 5) is 0. The standard InChI is InChI=1S/2C8H18O2/c2*1-2-5-8(10)6-3-4-7-9/h2*8-10H,2-7H2,1H3. The van der Waals surface area contributed by atoms with Gasteiger partial charge in [-0.2, -0.15) is 0 Å². The third kappa shape index (κ3) is 20.2. The maximum absolute atomic E-state index is 9.19. The predicted octanol–water partition coefficient (Wildman–Crippen LogP) is 2.62. The fourth-order valence-corrected chi connectivity index (χ4v) is 1.94. The molecular weight excluding hydrogens is 256 g/mol. The first kappa shape index (κ1) is 22.1. The van der Waals surface area contributed by atoms with Crippen LogP contribution < -0.4 is 0 Å². The zero-order valence-corrected chi connectivity index (χ0v) is 13.4. The van der Waals surface area contributed by atoms with Crippen molar-refractivity contribution in [2.24, 2.45) is 0 Å². The lowest BCUT2D eigenvalue weighted by Gasteiger charge is -2.06. The molecule has 0 aliphatic rings. The van der Waals surface area contributed by atoms with Gasteiger partial charge in [-0.25, -0.2) is 0 Å². The summed E-state index contributed by atoms with van der Waals surface area (Å²) in [5.74, 6) is 0. The molecule has 0 aromatic carbocycles. The van der Waals surface area contributed by atoms with E-state index < -0.39 is 0 Å². The van der Waals surface area contributed by atoms with Crippen LogP contribution in [0.1, 0.15) is 78.1 Å². The minimum Gasteiger partial charge on any atom is -0.396 e. The summed E-state index contributed by atoms with van der Waals surface area (Å²) in [6, 6.07) is 0. The molecule has 4 heteroatoms. The lowest BCUT2D eigenvalue weighted by atomic mass is 10.1. The third-order valence-electron chi connectivity index (χ3n) is 3.13. The van der Waals surface area contributed by atoms with Crippen LogP contribution in [-0.4, -0.2) is 45.8 Å². The van der Waals surface area contributed by atoms with Crippen molar-refractivity contribution >= 4 is 0 Å². The predicted molar refractivity (Wildman–Crippen MR) is 83.7 cm³/mol. The highest BCUT2D eigenvalue weighted by Crippen LogP contribution is 2.06. The average Bonchev–Trinajstić information content (AvgIpc) is 2.41. The van der Waals surface area contributed by atoms with Gasteiger partial charge in [0.05, 0.1) is 12.2 Å². The van der Waals surface area contributed by atoms with Gasteiger partial charge in [0, 0.05) is 13.2 Å². The van der Waals surface area contributed by atoms with Crippen molar-refractivity contribution in [3.63, 3.8) is 0 Å². The van der Waals surface area contributed by atoms with Crippen LogP contribution in [0.3, 0.4) is 0 Å². The molecule has 20 heavy (non-hydrogen) atoms. The summed E-state index contributed by atoms with van der Waals surface area (Å²) in [6.45, 7) is 4.63. The molecule has 0 rings (SSSR count). The van der Waals surface area contributed by atoms with Crippen molar-refractivity contribution in [1.29, 1.82) is 0 Å². The molecule has 0 aliphatic heterocycles. The Morgan fingerprint density at radius 3 is 1.20 bits per heavy atom. The van der Waals surface area contributed by atoms with E-state index in [4.69, 9.17) is 10.2 Å². The molecule has 0 aromatic heterocycles. The molecule has 0 bridgehead atoms. The zero-order valence-electron chi connectivity index (χ0n) is 13.4. The monoisotopic (exact) mass is 292 g/mol. The van der Waals surface area contributed by atoms with Gasteiger partial charge in [0.2, 0.25) is 0 Å². The van der Waals surface area contributed by atoms with Crippen molar-refractivity contribution in [3.8, 4) is 0 Å². The Morgan fingerprint density at radius 1 is 0.600 bits per heavy atom. The highest BCUT2D eigenvalue weighted by Gasteiger charge is 2.01. The summed E-state index contributed by atoms with van der Waals surface area (Å²) in [5.41, 5.74) is 0. The van der Waals surface area contributed by atoms with Crippen molar-refractivity contribution < 1.29 is 20.4 Å². The van der Waals surface area contributed by atoms with Gasteiger partial charge in [-0.3, -0.25) is 0 Å². The molecule has 4 N–H and O–H groups in total. The highest BCUT2D eigenvalue weighted by molar-refractivity contribution is 4.54. The smallest absolute Gasteiger partial charge is 0.0540 e. The van der Waals surface area contributed by atoms with Crippen LogP contribution in [0.5, 0.6) is 0 Å². The average molecular weight is 292 g/mol. The molecular formula is C16H36O4. The summed E-state index contributed by atoms with van der Waals surface area (Å²) in [5, 5.41) is 35.2. The summed E-state index contributed by atoms with van der Waals surface area (Å²) in [6.07, 6.45) is 8.80. The highest BCUT2D eigenvalue weighted by atomic mass is 16.3. The van der Waals surface area contributed by atoms with E-state index in [1.54, 1.807) is 0 Å². The zero-order chi connectivity index (χ0) is 15.6. The first-order valence-corrected chi connectivity index (χ1v) is 8.20. The van der Waals surface area contributed by atoms with Gasteiger partial charge in [-0.15, -0.1) is 0 Å². The van der Waals surface area contributed by atoms with Crippen molar-refractivity contribution in [2.75, 3.05) is 13.2 Å². The maximum Gasteiger partial charge on any atom is 0.0540 e. The molecule has 0 saturated carbocycles. The number of hydrogen-bond donors (Lipinski definition) is 4. The number of aliphatic hydroxyl groups is 4. The molecule has 0 heterocycles. The minimum atomic E-state index is -0.142. The van der Waals surface area contributed by atoms with E-state index in [9.17, 15) is 10.2 Å². The molecule has 0 radical (unpaired) electrons. The number of hydrogen-bond acceptors (Lipinski definition) is 4. The second-order valence-corrected chi connectivity index (χ2v) is 5.32. The van der Waals surface area contributed by atoms with E-state index in [-0.39, 0.29) is 25.4 Å². The van der Waals surface area contributed by atoms with Gasteiger partial charge in [-0.05, 0) is 51.4 Å². The molecule has 124 valence electrons. The Hall–Kier alpha value is -0.160. The quantitative estimate of drug-likeness (QED) is 0.417. The minimum absolute atomic E-state index is 0.142. The summed E-state index contributed by atoms with van der Waals surface area (Å²) in [7, 11) is 0. The van der Waals surface area contributed by atoms with E-state index in [2.05, 4.69) is 13.8 Å². The molecule has 2 unspecified atom stereocenters. The summed E-state index contributed by atoms with van der Waals surface area (Å²) < 4.78 is 0. The van der Waals surface area contributed by atoms with Crippen LogP contribution in [0.15, 0.2) is 0 Å². The molecule has 2 atom stereocenters. The summed E-state index contributed by atoms with van der Waals surface area (Å²) >= 11 is 0. The van der Waals surface area contributed by atoms with Crippen LogP contribution in [-0.2, 0) is 0 Å². The van der Waals surface area contributed by atoms with Crippen LogP contribution in [0.25, 0.3) is 0 Å². The van der Waals surface area contributed by atoms with Crippen molar-refractivity contribution in [1.82, 2.24) is 0 Å². The largest absolute Gasteiger partial charge is 0.396 e. The van der Waals surface area contributed by atoms with Gasteiger partial charge < -0.3 is 20.4 Å². The molecule has 0 amide bonds. The lowest BCUT2D eigenvalue weighted by molar-refractivity contribution is 0.146. The Morgan fingerprint density at radius 2 is 0.950 bits per heavy atom. The van der Waals surface area contributed by atoms with Crippen molar-refractivity contribution in [3.05, 3.63) is 0 Å². The van der Waals surface area contributed by atoms with Crippen LogP contribution in [0.4, 0.5) is 0 Å². The lowest BCUT2D eigenvalue weighted by Crippen LogP contribution is -2.05. The van der Waals surface area contributed by atoms with Gasteiger partial charge in [-0.1, -0.05) is 26.7 Å². The van der Waals surface area contributed by atoms with E-state index in [1.807, 2.05) is 0 Å². The van der Waals surface area contributed by atoms with Gasteiger partial charge in [0.15, 0.2) is 0 Å². The van der Waals surface area contributed by atoms with Gasteiger partial charge in [0.1, 0.15) is 0 Å². The van der Waals surface area contributed by atoms with E-state index in [0.29, 0.717) is 0 Å². The van der Waals surface area contributed by atoms with Crippen molar-refractivity contribution in [2.45, 2.75) is 90.3 Å². The number of aliphatic hydroxyl groups excluding tert-OH is 4. The Bertz CT molecular complexity index is 147. The van der Waals surface area contributed by atoms with Crippen LogP contribution in [0.2, 0.25) is 0 Å². The fourth-order valence-electron chi connectivity index (χ4n) is 1.94. The van der Waals surface area contributed by atoms with Crippen LogP contribution in [0, 0.1) is 0 Å². The van der Waals surface area contributed by atoms with Gasteiger partial charge in [0.25, 0.3) is 0 Å². The molecule has 4 nitrogen and oxygen atoms in total. The Balaban J connectivity index is 0. The number of rotatable bonds is 12. The molecule has 0 fully saturated rings. The molecule has 0 spiro atoms. The Labute approximate surface area is 124 Å². The van der Waals surface area contributed by atoms with E-state index in [0.717, 1.165) is 64.2 Å².